The number of rotatable bonds is 1. The van der Waals surface area contributed by atoms with E-state index in [0.717, 1.165) is 33.5 Å². The third kappa shape index (κ3) is 2.47. The molecule has 0 aliphatic rings. The van der Waals surface area contributed by atoms with Crippen molar-refractivity contribution in [3.8, 4) is 11.3 Å². The summed E-state index contributed by atoms with van der Waals surface area (Å²) >= 11 is 0. The van der Waals surface area contributed by atoms with E-state index in [9.17, 15) is 0 Å². The zero-order chi connectivity index (χ0) is 17.7. The molecular formula is C22H22N3+. The molecule has 2 aromatic heterocycles. The van der Waals surface area contributed by atoms with Gasteiger partial charge in [-0.3, -0.25) is 0 Å². The Morgan fingerprint density at radius 3 is 2.44 bits per heavy atom. The molecule has 0 amide bonds. The topological polar surface area (TPSA) is 29.7 Å². The lowest BCUT2D eigenvalue weighted by atomic mass is 9.96. The van der Waals surface area contributed by atoms with Crippen LogP contribution in [0.1, 0.15) is 22.4 Å². The van der Waals surface area contributed by atoms with E-state index in [4.69, 9.17) is 9.97 Å². The van der Waals surface area contributed by atoms with Gasteiger partial charge in [-0.15, -0.1) is 0 Å². The van der Waals surface area contributed by atoms with E-state index >= 15 is 0 Å². The molecule has 0 saturated carbocycles. The van der Waals surface area contributed by atoms with E-state index in [2.05, 4.69) is 63.6 Å². The van der Waals surface area contributed by atoms with Crippen molar-refractivity contribution in [2.75, 3.05) is 0 Å². The van der Waals surface area contributed by atoms with Crippen LogP contribution in [0.4, 0.5) is 0 Å². The smallest absolute Gasteiger partial charge is 0.223 e. The molecule has 2 aromatic carbocycles. The minimum absolute atomic E-state index is 0.796. The van der Waals surface area contributed by atoms with Crippen LogP contribution >= 0.6 is 0 Å². The standard InChI is InChI=1S/C22H22N3/c1-13-10-14(2)15(3)18(11-13)21-16(4)23-22-20(25(21)5)12-17-8-6-7-9-19(17)24-22/h6-12H,1-5H3/q+1. The van der Waals surface area contributed by atoms with Crippen LogP contribution < -0.4 is 4.57 Å². The van der Waals surface area contributed by atoms with Crippen molar-refractivity contribution in [2.45, 2.75) is 27.7 Å². The van der Waals surface area contributed by atoms with Crippen molar-refractivity contribution in [1.29, 1.82) is 0 Å². The zero-order valence-corrected chi connectivity index (χ0v) is 15.4. The summed E-state index contributed by atoms with van der Waals surface area (Å²) in [6.07, 6.45) is 0. The number of para-hydroxylation sites is 1. The second-order valence-electron chi connectivity index (χ2n) is 6.88. The van der Waals surface area contributed by atoms with Gasteiger partial charge in [0.25, 0.3) is 5.52 Å². The van der Waals surface area contributed by atoms with Crippen LogP contribution in [0.5, 0.6) is 0 Å². The average molecular weight is 328 g/mol. The SMILES string of the molecule is Cc1cc(C)c(C)c(-c2c(C)nc3nc4ccccc4cc3[n+]2C)c1. The fourth-order valence-corrected chi connectivity index (χ4v) is 3.66. The Kier molecular flexibility index (Phi) is 3.53. The van der Waals surface area contributed by atoms with E-state index < -0.39 is 0 Å². The van der Waals surface area contributed by atoms with Gasteiger partial charge < -0.3 is 0 Å². The number of hydrogen-bond acceptors (Lipinski definition) is 2. The fraction of sp³-hybridized carbons (Fsp3) is 0.227. The molecule has 3 nitrogen and oxygen atoms in total. The molecule has 0 N–H and O–H groups in total. The maximum absolute atomic E-state index is 4.83. The first kappa shape index (κ1) is 15.7. The van der Waals surface area contributed by atoms with Crippen molar-refractivity contribution < 1.29 is 4.57 Å². The van der Waals surface area contributed by atoms with E-state index in [1.807, 2.05) is 18.2 Å². The molecule has 0 fully saturated rings. The molecule has 0 bridgehead atoms. The van der Waals surface area contributed by atoms with Crippen molar-refractivity contribution >= 4 is 22.1 Å². The second-order valence-corrected chi connectivity index (χ2v) is 6.88. The summed E-state index contributed by atoms with van der Waals surface area (Å²) in [5.74, 6) is 0. The zero-order valence-electron chi connectivity index (χ0n) is 15.4. The van der Waals surface area contributed by atoms with Crippen LogP contribution in [-0.2, 0) is 7.05 Å². The highest BCUT2D eigenvalue weighted by Crippen LogP contribution is 2.28. The summed E-state index contributed by atoms with van der Waals surface area (Å²) in [4.78, 5) is 9.59. The maximum atomic E-state index is 4.83. The van der Waals surface area contributed by atoms with Crippen molar-refractivity contribution in [3.63, 3.8) is 0 Å². The lowest BCUT2D eigenvalue weighted by molar-refractivity contribution is -0.634. The van der Waals surface area contributed by atoms with Gasteiger partial charge in [-0.1, -0.05) is 29.8 Å². The molecule has 0 radical (unpaired) electrons. The van der Waals surface area contributed by atoms with Gasteiger partial charge in [0.1, 0.15) is 12.7 Å². The fourth-order valence-electron chi connectivity index (χ4n) is 3.66. The Morgan fingerprint density at radius 2 is 1.64 bits per heavy atom. The lowest BCUT2D eigenvalue weighted by Crippen LogP contribution is -2.34. The van der Waals surface area contributed by atoms with Crippen LogP contribution in [0.3, 0.4) is 0 Å². The van der Waals surface area contributed by atoms with Gasteiger partial charge in [-0.05, 0) is 51.0 Å². The number of aromatic nitrogens is 3. The maximum Gasteiger partial charge on any atom is 0.251 e. The number of fused-ring (bicyclic) bond motifs is 2. The Balaban J connectivity index is 2.10. The molecule has 0 saturated heterocycles. The van der Waals surface area contributed by atoms with Crippen LogP contribution in [0.25, 0.3) is 33.3 Å². The molecule has 0 unspecified atom stereocenters. The molecule has 0 atom stereocenters. The van der Waals surface area contributed by atoms with Crippen LogP contribution in [0.15, 0.2) is 42.5 Å². The van der Waals surface area contributed by atoms with Gasteiger partial charge in [-0.25, -0.2) is 9.97 Å². The molecule has 3 heteroatoms. The quantitative estimate of drug-likeness (QED) is 0.380. The van der Waals surface area contributed by atoms with E-state index in [1.165, 1.54) is 22.3 Å². The Bertz CT molecular complexity index is 1140. The Hall–Kier alpha value is -2.81. The first-order valence-corrected chi connectivity index (χ1v) is 8.60. The molecular weight excluding hydrogens is 306 g/mol. The van der Waals surface area contributed by atoms with E-state index in [1.54, 1.807) is 0 Å². The summed E-state index contributed by atoms with van der Waals surface area (Å²) in [5, 5.41) is 1.14. The number of benzene rings is 2. The summed E-state index contributed by atoms with van der Waals surface area (Å²) in [6, 6.07) is 14.9. The molecule has 0 spiro atoms. The van der Waals surface area contributed by atoms with Gasteiger partial charge >= 0.3 is 0 Å². The van der Waals surface area contributed by atoms with Crippen molar-refractivity contribution in [1.82, 2.24) is 9.97 Å². The number of nitrogens with zero attached hydrogens (tertiary/aromatic N) is 3. The molecule has 4 rings (SSSR count). The van der Waals surface area contributed by atoms with E-state index in [-0.39, 0.29) is 0 Å². The summed E-state index contributed by atoms with van der Waals surface area (Å²) in [6.45, 7) is 8.58. The lowest BCUT2D eigenvalue weighted by Gasteiger charge is -2.12. The largest absolute Gasteiger partial charge is 0.251 e. The second kappa shape index (κ2) is 5.62. The van der Waals surface area contributed by atoms with Crippen LogP contribution in [0.2, 0.25) is 0 Å². The predicted octanol–water partition coefficient (Wildman–Crippen LogP) is 4.51. The number of hydrogen-bond donors (Lipinski definition) is 0. The van der Waals surface area contributed by atoms with Crippen molar-refractivity contribution in [2.24, 2.45) is 7.05 Å². The van der Waals surface area contributed by atoms with Gasteiger partial charge in [0, 0.05) is 11.5 Å². The van der Waals surface area contributed by atoms with Gasteiger partial charge in [0.15, 0.2) is 0 Å². The highest BCUT2D eigenvalue weighted by atomic mass is 15.0. The number of aryl methyl sites for hydroxylation is 4. The molecule has 4 aromatic rings. The molecule has 124 valence electrons. The summed E-state index contributed by atoms with van der Waals surface area (Å²) in [5.41, 5.74) is 10.1. The van der Waals surface area contributed by atoms with Crippen molar-refractivity contribution in [3.05, 3.63) is 64.8 Å². The minimum atomic E-state index is 0.796. The third-order valence-electron chi connectivity index (χ3n) is 5.06. The van der Waals surface area contributed by atoms with Gasteiger partial charge in [-0.2, -0.15) is 4.57 Å². The highest BCUT2D eigenvalue weighted by Gasteiger charge is 2.22. The molecule has 2 heterocycles. The number of pyridine rings is 1. The first-order valence-electron chi connectivity index (χ1n) is 8.60. The highest BCUT2D eigenvalue weighted by molar-refractivity contribution is 5.88. The average Bonchev–Trinajstić information content (AvgIpc) is 2.57. The summed E-state index contributed by atoms with van der Waals surface area (Å²) in [7, 11) is 2.11. The molecule has 0 aliphatic carbocycles. The van der Waals surface area contributed by atoms with Gasteiger partial charge in [0.05, 0.1) is 11.1 Å². The monoisotopic (exact) mass is 328 g/mol. The first-order chi connectivity index (χ1) is 12.0. The van der Waals surface area contributed by atoms with Crippen LogP contribution in [-0.4, -0.2) is 9.97 Å². The normalized spacial score (nSPS) is 11.4. The summed E-state index contributed by atoms with van der Waals surface area (Å²) < 4.78 is 2.23. The van der Waals surface area contributed by atoms with E-state index in [0.29, 0.717) is 0 Å². The third-order valence-corrected chi connectivity index (χ3v) is 5.06. The molecule has 25 heavy (non-hydrogen) atoms. The Labute approximate surface area is 148 Å². The van der Waals surface area contributed by atoms with Gasteiger partial charge in [0.2, 0.25) is 11.3 Å². The molecule has 0 aliphatic heterocycles. The predicted molar refractivity (Wildman–Crippen MR) is 103 cm³/mol. The minimum Gasteiger partial charge on any atom is -0.223 e. The Morgan fingerprint density at radius 1 is 0.880 bits per heavy atom. The van der Waals surface area contributed by atoms with Crippen LogP contribution in [0, 0.1) is 27.7 Å².